The molecule has 0 saturated heterocycles. The van der Waals surface area contributed by atoms with Gasteiger partial charge in [0, 0.05) is 5.69 Å². The highest BCUT2D eigenvalue weighted by atomic mass is 16.5. The summed E-state index contributed by atoms with van der Waals surface area (Å²) < 4.78 is 5.67. The van der Waals surface area contributed by atoms with Crippen molar-refractivity contribution in [1.82, 2.24) is 15.2 Å². The van der Waals surface area contributed by atoms with Gasteiger partial charge in [-0.25, -0.2) is 0 Å². The number of rotatable bonds is 4. The molecule has 0 fully saturated rings. The van der Waals surface area contributed by atoms with Gasteiger partial charge in [-0.15, -0.1) is 5.10 Å². The third-order valence-electron chi connectivity index (χ3n) is 2.89. The van der Waals surface area contributed by atoms with Crippen LogP contribution in [0.4, 0.5) is 5.69 Å². The predicted octanol–water partition coefficient (Wildman–Crippen LogP) is 2.68. The number of hydrogen-bond acceptors (Lipinski definition) is 5. The van der Waals surface area contributed by atoms with Gasteiger partial charge in [-0.1, -0.05) is 18.9 Å². The molecule has 0 amide bonds. The zero-order chi connectivity index (χ0) is 13.8. The highest BCUT2D eigenvalue weighted by Crippen LogP contribution is 2.24. The Bertz CT molecular complexity index is 584. The van der Waals surface area contributed by atoms with E-state index in [1.54, 1.807) is 6.07 Å². The molecule has 0 bridgehead atoms. The monoisotopic (exact) mass is 258 g/mol. The van der Waals surface area contributed by atoms with E-state index in [9.17, 15) is 0 Å². The third kappa shape index (κ3) is 2.99. The Morgan fingerprint density at radius 3 is 2.47 bits per heavy atom. The standard InChI is InChI=1S/C14H18N4O/c1-4-11-12(5-2)17-18-14(16-11)19-13-7-6-10(15)8-9(13)3/h6-8H,4-5,15H2,1-3H3. The quantitative estimate of drug-likeness (QED) is 0.853. The van der Waals surface area contributed by atoms with Crippen LogP contribution in [0, 0.1) is 6.92 Å². The highest BCUT2D eigenvalue weighted by molar-refractivity contribution is 5.47. The molecule has 5 heteroatoms. The zero-order valence-corrected chi connectivity index (χ0v) is 11.5. The van der Waals surface area contributed by atoms with Gasteiger partial charge >= 0.3 is 6.01 Å². The Kier molecular flexibility index (Phi) is 3.94. The smallest absolute Gasteiger partial charge is 0.341 e. The van der Waals surface area contributed by atoms with E-state index in [0.717, 1.165) is 29.8 Å². The number of aromatic nitrogens is 3. The lowest BCUT2D eigenvalue weighted by Gasteiger charge is -2.09. The molecule has 0 unspecified atom stereocenters. The summed E-state index contributed by atoms with van der Waals surface area (Å²) in [6.45, 7) is 6.01. The number of nitrogen functional groups attached to an aromatic ring is 1. The van der Waals surface area contributed by atoms with E-state index in [-0.39, 0.29) is 6.01 Å². The van der Waals surface area contributed by atoms with Crippen molar-refractivity contribution in [2.24, 2.45) is 0 Å². The molecule has 100 valence electrons. The average Bonchev–Trinajstić information content (AvgIpc) is 2.41. The molecule has 2 N–H and O–H groups in total. The Morgan fingerprint density at radius 1 is 1.11 bits per heavy atom. The van der Waals surface area contributed by atoms with Crippen LogP contribution in [0.2, 0.25) is 0 Å². The summed E-state index contributed by atoms with van der Waals surface area (Å²) in [6.07, 6.45) is 1.64. The van der Waals surface area contributed by atoms with Crippen LogP contribution < -0.4 is 10.5 Å². The van der Waals surface area contributed by atoms with E-state index in [2.05, 4.69) is 15.2 Å². The molecule has 1 aromatic heterocycles. The van der Waals surface area contributed by atoms with Crippen molar-refractivity contribution in [1.29, 1.82) is 0 Å². The molecule has 5 nitrogen and oxygen atoms in total. The van der Waals surface area contributed by atoms with Gasteiger partial charge in [0.05, 0.1) is 11.4 Å². The molecule has 0 saturated carbocycles. The topological polar surface area (TPSA) is 73.9 Å². The second kappa shape index (κ2) is 5.65. The lowest BCUT2D eigenvalue weighted by Crippen LogP contribution is -2.04. The van der Waals surface area contributed by atoms with Crippen molar-refractivity contribution >= 4 is 5.69 Å². The van der Waals surface area contributed by atoms with E-state index in [1.807, 2.05) is 32.9 Å². The minimum Gasteiger partial charge on any atom is -0.423 e. The highest BCUT2D eigenvalue weighted by Gasteiger charge is 2.09. The summed E-state index contributed by atoms with van der Waals surface area (Å²) in [7, 11) is 0. The molecule has 2 rings (SSSR count). The van der Waals surface area contributed by atoms with Gasteiger partial charge in [-0.2, -0.15) is 4.98 Å². The number of hydrogen-bond donors (Lipinski definition) is 1. The summed E-state index contributed by atoms with van der Waals surface area (Å²) in [4.78, 5) is 4.39. The van der Waals surface area contributed by atoms with Crippen LogP contribution in [0.25, 0.3) is 0 Å². The van der Waals surface area contributed by atoms with Crippen LogP contribution in [-0.4, -0.2) is 15.2 Å². The molecule has 0 aliphatic carbocycles. The molecule has 1 aromatic carbocycles. The van der Waals surface area contributed by atoms with Crippen molar-refractivity contribution < 1.29 is 4.74 Å². The lowest BCUT2D eigenvalue weighted by atomic mass is 10.2. The first-order valence-electron chi connectivity index (χ1n) is 6.40. The second-order valence-corrected chi connectivity index (χ2v) is 4.32. The number of benzene rings is 1. The van der Waals surface area contributed by atoms with Gasteiger partial charge in [-0.05, 0) is 43.5 Å². The fourth-order valence-corrected chi connectivity index (χ4v) is 1.85. The van der Waals surface area contributed by atoms with E-state index in [1.165, 1.54) is 0 Å². The maximum Gasteiger partial charge on any atom is 0.341 e. The molecule has 0 atom stereocenters. The summed E-state index contributed by atoms with van der Waals surface area (Å²) in [6, 6.07) is 5.73. The van der Waals surface area contributed by atoms with Crippen LogP contribution in [0.3, 0.4) is 0 Å². The van der Waals surface area contributed by atoms with E-state index >= 15 is 0 Å². The number of nitrogens with two attached hydrogens (primary N) is 1. The van der Waals surface area contributed by atoms with Crippen molar-refractivity contribution in [3.8, 4) is 11.8 Å². The van der Waals surface area contributed by atoms with Crippen LogP contribution in [-0.2, 0) is 12.8 Å². The van der Waals surface area contributed by atoms with Crippen LogP contribution in [0.5, 0.6) is 11.8 Å². The van der Waals surface area contributed by atoms with Crippen LogP contribution in [0.1, 0.15) is 30.8 Å². The Labute approximate surface area is 112 Å². The van der Waals surface area contributed by atoms with Crippen molar-refractivity contribution in [2.75, 3.05) is 5.73 Å². The van der Waals surface area contributed by atoms with Crippen LogP contribution >= 0.6 is 0 Å². The maximum atomic E-state index is 5.71. The summed E-state index contributed by atoms with van der Waals surface area (Å²) in [5, 5.41) is 8.15. The van der Waals surface area contributed by atoms with Gasteiger partial charge in [-0.3, -0.25) is 0 Å². The fraction of sp³-hybridized carbons (Fsp3) is 0.357. The minimum atomic E-state index is 0.280. The van der Waals surface area contributed by atoms with Gasteiger partial charge < -0.3 is 10.5 Å². The van der Waals surface area contributed by atoms with Crippen molar-refractivity contribution in [3.05, 3.63) is 35.2 Å². The zero-order valence-electron chi connectivity index (χ0n) is 11.5. The van der Waals surface area contributed by atoms with Gasteiger partial charge in [0.25, 0.3) is 0 Å². The fourth-order valence-electron chi connectivity index (χ4n) is 1.85. The Morgan fingerprint density at radius 2 is 1.84 bits per heavy atom. The molecule has 0 radical (unpaired) electrons. The average molecular weight is 258 g/mol. The first kappa shape index (κ1) is 13.3. The number of aryl methyl sites for hydroxylation is 3. The van der Waals surface area contributed by atoms with Gasteiger partial charge in [0.15, 0.2) is 0 Å². The van der Waals surface area contributed by atoms with Crippen molar-refractivity contribution in [2.45, 2.75) is 33.6 Å². The molecule has 1 heterocycles. The van der Waals surface area contributed by atoms with Gasteiger partial charge in [0.1, 0.15) is 5.75 Å². The van der Waals surface area contributed by atoms with E-state index in [0.29, 0.717) is 11.4 Å². The largest absolute Gasteiger partial charge is 0.423 e. The Hall–Kier alpha value is -2.17. The van der Waals surface area contributed by atoms with E-state index in [4.69, 9.17) is 10.5 Å². The first-order valence-corrected chi connectivity index (χ1v) is 6.40. The second-order valence-electron chi connectivity index (χ2n) is 4.32. The van der Waals surface area contributed by atoms with E-state index < -0.39 is 0 Å². The lowest BCUT2D eigenvalue weighted by molar-refractivity contribution is 0.425. The summed E-state index contributed by atoms with van der Waals surface area (Å²) in [5.41, 5.74) is 9.21. The number of anilines is 1. The van der Waals surface area contributed by atoms with Crippen molar-refractivity contribution in [3.63, 3.8) is 0 Å². The molecule has 0 aliphatic rings. The predicted molar refractivity (Wildman–Crippen MR) is 74.2 cm³/mol. The minimum absolute atomic E-state index is 0.280. The molecule has 2 aromatic rings. The molecule has 19 heavy (non-hydrogen) atoms. The summed E-state index contributed by atoms with van der Waals surface area (Å²) >= 11 is 0. The first-order chi connectivity index (χ1) is 9.13. The molecule has 0 spiro atoms. The molecular formula is C14H18N4O. The van der Waals surface area contributed by atoms with Crippen LogP contribution in [0.15, 0.2) is 18.2 Å². The SMILES string of the molecule is CCc1nnc(Oc2ccc(N)cc2C)nc1CC. The number of ether oxygens (including phenoxy) is 1. The molecule has 0 aliphatic heterocycles. The molecular weight excluding hydrogens is 240 g/mol. The maximum absolute atomic E-state index is 5.71. The Balaban J connectivity index is 2.28. The van der Waals surface area contributed by atoms with Gasteiger partial charge in [0.2, 0.25) is 0 Å². The summed E-state index contributed by atoms with van der Waals surface area (Å²) in [5.74, 6) is 0.697. The third-order valence-corrected chi connectivity index (χ3v) is 2.89. The number of nitrogens with zero attached hydrogens (tertiary/aromatic N) is 3. The normalized spacial score (nSPS) is 10.5.